The zero-order valence-electron chi connectivity index (χ0n) is 9.48. The third kappa shape index (κ3) is 6.28. The van der Waals surface area contributed by atoms with Crippen LogP contribution in [0, 0.1) is 0 Å². The van der Waals surface area contributed by atoms with E-state index in [0.29, 0.717) is 0 Å². The number of hydrogen-bond acceptors (Lipinski definition) is 1. The Balaban J connectivity index is 2.04. The monoisotopic (exact) mass is 330 g/mol. The molecule has 1 rings (SSSR count). The molecule has 1 aromatic rings. The number of aliphatic hydroxyl groups excluding tert-OH is 1. The van der Waals surface area contributed by atoms with Gasteiger partial charge in [0.05, 0.1) is 6.10 Å². The third-order valence-electron chi connectivity index (χ3n) is 2.60. The van der Waals surface area contributed by atoms with Crippen molar-refractivity contribution in [3.8, 4) is 0 Å². The lowest BCUT2D eigenvalue weighted by atomic mass is 10.0. The first-order valence-electron chi connectivity index (χ1n) is 5.82. The number of hydrogen-bond donors (Lipinski definition) is 1. The normalized spacial score (nSPS) is 13.1. The van der Waals surface area contributed by atoms with E-state index in [1.165, 1.54) is 18.4 Å². The smallest absolute Gasteiger partial charge is 0.0728 e. The topological polar surface area (TPSA) is 20.2 Å². The van der Waals surface area contributed by atoms with E-state index >= 15 is 0 Å². The van der Waals surface area contributed by atoms with Crippen LogP contribution in [0.3, 0.4) is 0 Å². The van der Waals surface area contributed by atoms with Gasteiger partial charge in [-0.3, -0.25) is 0 Å². The Labute approximate surface area is 112 Å². The summed E-state index contributed by atoms with van der Waals surface area (Å²) in [5.41, 5.74) is 1.41. The molecule has 0 aliphatic carbocycles. The largest absolute Gasteiger partial charge is 0.389 e. The highest BCUT2D eigenvalue weighted by atomic mass is 127. The first-order chi connectivity index (χ1) is 7.83. The van der Waals surface area contributed by atoms with Crippen LogP contribution in [-0.4, -0.2) is 11.2 Å². The highest BCUT2D eigenvalue weighted by Crippen LogP contribution is 2.09. The van der Waals surface area contributed by atoms with Crippen molar-refractivity contribution in [1.82, 2.24) is 0 Å². The van der Waals surface area contributed by atoms with Gasteiger partial charge in [-0.05, 0) is 28.9 Å². The van der Waals surface area contributed by atoms with Gasteiger partial charge in [-0.1, -0.05) is 71.8 Å². The number of benzene rings is 1. The van der Waals surface area contributed by atoms with E-state index in [0.717, 1.165) is 19.3 Å². The van der Waals surface area contributed by atoms with Gasteiger partial charge in [-0.2, -0.15) is 0 Å². The maximum Gasteiger partial charge on any atom is 0.0728 e. The molecule has 0 saturated heterocycles. The summed E-state index contributed by atoms with van der Waals surface area (Å²) in [7, 11) is 0. The summed E-state index contributed by atoms with van der Waals surface area (Å²) in [6.45, 7) is 0. The van der Waals surface area contributed by atoms with Crippen molar-refractivity contribution >= 4 is 22.6 Å². The molecule has 1 unspecified atom stereocenters. The fraction of sp³-hybridized carbons (Fsp3) is 0.429. The first kappa shape index (κ1) is 13.7. The van der Waals surface area contributed by atoms with Crippen molar-refractivity contribution in [1.29, 1.82) is 0 Å². The predicted molar refractivity (Wildman–Crippen MR) is 77.8 cm³/mol. The van der Waals surface area contributed by atoms with Crippen LogP contribution in [0.5, 0.6) is 0 Å². The van der Waals surface area contributed by atoms with E-state index < -0.39 is 0 Å². The second-order valence-corrected chi connectivity index (χ2v) is 4.69. The highest BCUT2D eigenvalue weighted by molar-refractivity contribution is 14.1. The Morgan fingerprint density at radius 2 is 1.88 bits per heavy atom. The molecule has 0 heterocycles. The van der Waals surface area contributed by atoms with Crippen LogP contribution in [0.4, 0.5) is 0 Å². The molecule has 0 aromatic heterocycles. The molecular formula is C14H19IO. The molecule has 0 aliphatic heterocycles. The van der Waals surface area contributed by atoms with Crippen molar-refractivity contribution in [2.45, 2.75) is 38.2 Å². The van der Waals surface area contributed by atoms with Crippen LogP contribution in [0.25, 0.3) is 0 Å². The molecule has 0 fully saturated rings. The van der Waals surface area contributed by atoms with Gasteiger partial charge in [-0.25, -0.2) is 0 Å². The standard InChI is InChI=1S/C14H19IO/c15-12-11-14(16)10-6-2-5-9-13-7-3-1-4-8-13/h1,3-4,7-8,11-12,14,16H,2,5-6,9-10H2. The van der Waals surface area contributed by atoms with Crippen molar-refractivity contribution in [2.75, 3.05) is 0 Å². The maximum atomic E-state index is 9.47. The molecular weight excluding hydrogens is 311 g/mol. The van der Waals surface area contributed by atoms with Gasteiger partial charge >= 0.3 is 0 Å². The minimum atomic E-state index is -0.256. The zero-order chi connectivity index (χ0) is 11.6. The molecule has 1 N–H and O–H groups in total. The van der Waals surface area contributed by atoms with E-state index in [-0.39, 0.29) is 6.10 Å². The third-order valence-corrected chi connectivity index (χ3v) is 3.02. The molecule has 88 valence electrons. The van der Waals surface area contributed by atoms with Crippen molar-refractivity contribution in [3.63, 3.8) is 0 Å². The summed E-state index contributed by atoms with van der Waals surface area (Å²) < 4.78 is 1.88. The van der Waals surface area contributed by atoms with E-state index in [2.05, 4.69) is 52.9 Å². The SMILES string of the molecule is OC(C=CI)CCCCCc1ccccc1. The lowest BCUT2D eigenvalue weighted by molar-refractivity contribution is 0.208. The fourth-order valence-electron chi connectivity index (χ4n) is 1.68. The lowest BCUT2D eigenvalue weighted by Crippen LogP contribution is -2.00. The van der Waals surface area contributed by atoms with Crippen molar-refractivity contribution in [2.24, 2.45) is 0 Å². The zero-order valence-corrected chi connectivity index (χ0v) is 11.6. The summed E-state index contributed by atoms with van der Waals surface area (Å²) in [6.07, 6.45) is 7.14. The van der Waals surface area contributed by atoms with Gasteiger partial charge < -0.3 is 5.11 Å². The Morgan fingerprint density at radius 1 is 1.12 bits per heavy atom. The van der Waals surface area contributed by atoms with Crippen LogP contribution in [0.1, 0.15) is 31.2 Å². The average molecular weight is 330 g/mol. The molecule has 1 aromatic carbocycles. The van der Waals surface area contributed by atoms with Gasteiger partial charge in [0.1, 0.15) is 0 Å². The number of unbranched alkanes of at least 4 members (excludes halogenated alkanes) is 2. The molecule has 0 saturated carbocycles. The summed E-state index contributed by atoms with van der Waals surface area (Å²) in [5, 5.41) is 9.47. The minimum absolute atomic E-state index is 0.256. The molecule has 1 atom stereocenters. The van der Waals surface area contributed by atoms with E-state index in [1.54, 1.807) is 0 Å². The Bertz CT molecular complexity index is 295. The average Bonchev–Trinajstić information content (AvgIpc) is 2.30. The molecule has 0 bridgehead atoms. The van der Waals surface area contributed by atoms with E-state index in [4.69, 9.17) is 0 Å². The minimum Gasteiger partial charge on any atom is -0.389 e. The highest BCUT2D eigenvalue weighted by Gasteiger charge is 1.98. The second kappa shape index (κ2) is 8.76. The molecule has 0 amide bonds. The van der Waals surface area contributed by atoms with E-state index in [1.807, 2.05) is 10.2 Å². The van der Waals surface area contributed by atoms with Crippen LogP contribution in [-0.2, 0) is 6.42 Å². The summed E-state index contributed by atoms with van der Waals surface area (Å²) in [5.74, 6) is 0. The molecule has 0 aliphatic rings. The van der Waals surface area contributed by atoms with Gasteiger partial charge in [0.2, 0.25) is 0 Å². The van der Waals surface area contributed by atoms with Crippen LogP contribution < -0.4 is 0 Å². The Morgan fingerprint density at radius 3 is 2.56 bits per heavy atom. The van der Waals surface area contributed by atoms with Gasteiger partial charge in [0.15, 0.2) is 0 Å². The molecule has 2 heteroatoms. The quantitative estimate of drug-likeness (QED) is 0.589. The first-order valence-corrected chi connectivity index (χ1v) is 7.06. The van der Waals surface area contributed by atoms with Crippen LogP contribution >= 0.6 is 22.6 Å². The molecule has 16 heavy (non-hydrogen) atoms. The Hall–Kier alpha value is -0.350. The molecule has 0 spiro atoms. The summed E-state index contributed by atoms with van der Waals surface area (Å²) >= 11 is 2.14. The fourth-order valence-corrected chi connectivity index (χ4v) is 2.16. The lowest BCUT2D eigenvalue weighted by Gasteiger charge is -2.05. The van der Waals surface area contributed by atoms with Crippen LogP contribution in [0.15, 0.2) is 40.5 Å². The van der Waals surface area contributed by atoms with E-state index in [9.17, 15) is 5.11 Å². The van der Waals surface area contributed by atoms with Gasteiger partial charge in [-0.15, -0.1) is 0 Å². The summed E-state index contributed by atoms with van der Waals surface area (Å²) in [4.78, 5) is 0. The number of halogens is 1. The van der Waals surface area contributed by atoms with Gasteiger partial charge in [0.25, 0.3) is 0 Å². The maximum absolute atomic E-state index is 9.47. The van der Waals surface area contributed by atoms with Gasteiger partial charge in [0, 0.05) is 0 Å². The number of rotatable bonds is 7. The molecule has 1 nitrogen and oxygen atoms in total. The van der Waals surface area contributed by atoms with Crippen molar-refractivity contribution < 1.29 is 5.11 Å². The second-order valence-electron chi connectivity index (χ2n) is 3.97. The summed E-state index contributed by atoms with van der Waals surface area (Å²) in [6, 6.07) is 10.6. The molecule has 0 radical (unpaired) electrons. The number of aryl methyl sites for hydroxylation is 1. The number of aliphatic hydroxyl groups is 1. The van der Waals surface area contributed by atoms with Crippen molar-refractivity contribution in [3.05, 3.63) is 46.1 Å². The Kier molecular flexibility index (Phi) is 7.51. The predicted octanol–water partition coefficient (Wildman–Crippen LogP) is 4.10. The van der Waals surface area contributed by atoms with Crippen LogP contribution in [0.2, 0.25) is 0 Å².